The van der Waals surface area contributed by atoms with E-state index in [4.69, 9.17) is 14.2 Å². The number of ether oxygens (including phenoxy) is 3. The zero-order valence-electron chi connectivity index (χ0n) is 14.9. The Morgan fingerprint density at radius 1 is 1.30 bits per heavy atom. The van der Waals surface area contributed by atoms with Crippen LogP contribution < -0.4 is 10.2 Å². The monoisotopic (exact) mass is 505 g/mol. The lowest BCUT2D eigenvalue weighted by Gasteiger charge is -2.25. The lowest BCUT2D eigenvalue weighted by Crippen LogP contribution is -2.42. The number of halogens is 2. The smallest absolute Gasteiger partial charge is 0.344 e. The SMILES string of the molecule is CCOC(=O)COc1c(Br)cc(/C=N/NC(=O)CN2CCOCC2)cc1Br. The van der Waals surface area contributed by atoms with Crippen molar-refractivity contribution in [1.29, 1.82) is 0 Å². The number of carbonyl (C=O) groups is 2. The van der Waals surface area contributed by atoms with Gasteiger partial charge in [-0.05, 0) is 56.5 Å². The van der Waals surface area contributed by atoms with Crippen molar-refractivity contribution < 1.29 is 23.8 Å². The van der Waals surface area contributed by atoms with E-state index in [9.17, 15) is 9.59 Å². The summed E-state index contributed by atoms with van der Waals surface area (Å²) in [6.45, 7) is 4.90. The number of nitrogens with one attached hydrogen (secondary N) is 1. The first kappa shape index (κ1) is 21.8. The average molecular weight is 507 g/mol. The van der Waals surface area contributed by atoms with Crippen LogP contribution in [-0.4, -0.2) is 69.1 Å². The third-order valence-electron chi connectivity index (χ3n) is 3.53. The summed E-state index contributed by atoms with van der Waals surface area (Å²) in [4.78, 5) is 25.3. The predicted molar refractivity (Wildman–Crippen MR) is 107 cm³/mol. The Morgan fingerprint density at radius 2 is 1.96 bits per heavy atom. The number of carbonyl (C=O) groups excluding carboxylic acids is 2. The molecule has 1 amide bonds. The maximum atomic E-state index is 11.9. The van der Waals surface area contributed by atoms with E-state index in [-0.39, 0.29) is 19.1 Å². The van der Waals surface area contributed by atoms with Crippen LogP contribution in [0.1, 0.15) is 12.5 Å². The third kappa shape index (κ3) is 7.57. The van der Waals surface area contributed by atoms with Gasteiger partial charge in [0.25, 0.3) is 5.91 Å². The number of nitrogens with zero attached hydrogens (tertiary/aromatic N) is 2. The van der Waals surface area contributed by atoms with Crippen LogP contribution in [0.2, 0.25) is 0 Å². The van der Waals surface area contributed by atoms with Crippen molar-refractivity contribution >= 4 is 50.0 Å². The molecule has 148 valence electrons. The number of hydrazone groups is 1. The van der Waals surface area contributed by atoms with Crippen LogP contribution in [0.15, 0.2) is 26.2 Å². The lowest BCUT2D eigenvalue weighted by molar-refractivity contribution is -0.145. The summed E-state index contributed by atoms with van der Waals surface area (Å²) in [5.41, 5.74) is 3.25. The van der Waals surface area contributed by atoms with Crippen molar-refractivity contribution in [2.24, 2.45) is 5.10 Å². The summed E-state index contributed by atoms with van der Waals surface area (Å²) in [6.07, 6.45) is 1.53. The highest BCUT2D eigenvalue weighted by molar-refractivity contribution is 9.11. The molecule has 2 rings (SSSR count). The van der Waals surface area contributed by atoms with Crippen molar-refractivity contribution in [2.45, 2.75) is 6.92 Å². The molecule has 0 aliphatic carbocycles. The standard InChI is InChI=1S/C17H21Br2N3O5/c1-2-26-16(24)11-27-17-13(18)7-12(8-14(17)19)9-20-21-15(23)10-22-3-5-25-6-4-22/h7-9H,2-6,10-11H2,1H3,(H,21,23)/b20-9+. The number of rotatable bonds is 8. The first-order valence-corrected chi connectivity index (χ1v) is 9.97. The molecule has 0 atom stereocenters. The molecule has 0 saturated carbocycles. The van der Waals surface area contributed by atoms with Gasteiger partial charge in [-0.2, -0.15) is 5.10 Å². The van der Waals surface area contributed by atoms with Crippen LogP contribution in [0.5, 0.6) is 5.75 Å². The van der Waals surface area contributed by atoms with Gasteiger partial charge in [-0.3, -0.25) is 9.69 Å². The summed E-state index contributed by atoms with van der Waals surface area (Å²) < 4.78 is 16.8. The molecule has 0 unspecified atom stereocenters. The molecule has 0 spiro atoms. The van der Waals surface area contributed by atoms with Crippen LogP contribution in [0.4, 0.5) is 0 Å². The second kappa shape index (κ2) is 11.4. The van der Waals surface area contributed by atoms with E-state index in [0.29, 0.717) is 34.5 Å². The Bertz CT molecular complexity index is 670. The molecular weight excluding hydrogens is 486 g/mol. The van der Waals surface area contributed by atoms with Crippen molar-refractivity contribution in [3.63, 3.8) is 0 Å². The second-order valence-corrected chi connectivity index (χ2v) is 7.30. The quantitative estimate of drug-likeness (QED) is 0.329. The van der Waals surface area contributed by atoms with Crippen LogP contribution in [-0.2, 0) is 19.1 Å². The maximum Gasteiger partial charge on any atom is 0.344 e. The topological polar surface area (TPSA) is 89.5 Å². The van der Waals surface area contributed by atoms with Gasteiger partial charge in [0, 0.05) is 13.1 Å². The number of morpholine rings is 1. The number of hydrogen-bond acceptors (Lipinski definition) is 7. The Morgan fingerprint density at radius 3 is 2.59 bits per heavy atom. The molecule has 10 heteroatoms. The Hall–Kier alpha value is -1.49. The molecule has 1 aliphatic rings. The molecule has 1 aliphatic heterocycles. The van der Waals surface area contributed by atoms with Gasteiger partial charge >= 0.3 is 5.97 Å². The van der Waals surface area contributed by atoms with E-state index >= 15 is 0 Å². The maximum absolute atomic E-state index is 11.9. The van der Waals surface area contributed by atoms with Gasteiger partial charge in [0.05, 0.1) is 41.5 Å². The van der Waals surface area contributed by atoms with Crippen LogP contribution in [0, 0.1) is 0 Å². The molecule has 8 nitrogen and oxygen atoms in total. The van der Waals surface area contributed by atoms with Crippen molar-refractivity contribution in [2.75, 3.05) is 46.1 Å². The van der Waals surface area contributed by atoms with Gasteiger partial charge in [-0.15, -0.1) is 0 Å². The van der Waals surface area contributed by atoms with Gasteiger partial charge in [0.1, 0.15) is 5.75 Å². The summed E-state index contributed by atoms with van der Waals surface area (Å²) >= 11 is 6.80. The first-order chi connectivity index (χ1) is 13.0. The van der Waals surface area contributed by atoms with Gasteiger partial charge in [-0.25, -0.2) is 10.2 Å². The van der Waals surface area contributed by atoms with Crippen LogP contribution in [0.25, 0.3) is 0 Å². The van der Waals surface area contributed by atoms with Gasteiger partial charge < -0.3 is 14.2 Å². The fraction of sp³-hybridized carbons (Fsp3) is 0.471. The fourth-order valence-corrected chi connectivity index (χ4v) is 3.75. The molecule has 0 radical (unpaired) electrons. The zero-order chi connectivity index (χ0) is 19.6. The molecule has 0 aromatic heterocycles. The first-order valence-electron chi connectivity index (χ1n) is 8.39. The second-order valence-electron chi connectivity index (χ2n) is 5.59. The van der Waals surface area contributed by atoms with E-state index < -0.39 is 5.97 Å². The summed E-state index contributed by atoms with van der Waals surface area (Å²) in [5, 5.41) is 3.98. The molecular formula is C17H21Br2N3O5. The largest absolute Gasteiger partial charge is 0.480 e. The van der Waals surface area contributed by atoms with E-state index in [1.165, 1.54) is 6.21 Å². The van der Waals surface area contributed by atoms with Crippen molar-refractivity contribution in [3.8, 4) is 5.75 Å². The highest BCUT2D eigenvalue weighted by Gasteiger charge is 2.14. The highest BCUT2D eigenvalue weighted by Crippen LogP contribution is 2.34. The minimum atomic E-state index is -0.440. The number of hydrogen-bond donors (Lipinski definition) is 1. The third-order valence-corrected chi connectivity index (χ3v) is 4.71. The minimum absolute atomic E-state index is 0.180. The van der Waals surface area contributed by atoms with Crippen LogP contribution >= 0.6 is 31.9 Å². The summed E-state index contributed by atoms with van der Waals surface area (Å²) in [7, 11) is 0. The van der Waals surface area contributed by atoms with Crippen molar-refractivity contribution in [1.82, 2.24) is 10.3 Å². The highest BCUT2D eigenvalue weighted by atomic mass is 79.9. The zero-order valence-corrected chi connectivity index (χ0v) is 18.0. The van der Waals surface area contributed by atoms with Crippen molar-refractivity contribution in [3.05, 3.63) is 26.6 Å². The van der Waals surface area contributed by atoms with E-state index in [1.54, 1.807) is 19.1 Å². The molecule has 1 fully saturated rings. The molecule has 27 heavy (non-hydrogen) atoms. The van der Waals surface area contributed by atoms with Gasteiger partial charge in [-0.1, -0.05) is 0 Å². The minimum Gasteiger partial charge on any atom is -0.480 e. The Labute approximate surface area is 174 Å². The number of amides is 1. The molecule has 1 heterocycles. The summed E-state index contributed by atoms with van der Waals surface area (Å²) in [6, 6.07) is 3.53. The number of benzene rings is 1. The predicted octanol–water partition coefficient (Wildman–Crippen LogP) is 1.94. The van der Waals surface area contributed by atoms with E-state index in [0.717, 1.165) is 18.7 Å². The summed E-state index contributed by atoms with van der Waals surface area (Å²) in [5.74, 6) is -0.137. The molecule has 0 bridgehead atoms. The van der Waals surface area contributed by atoms with Gasteiger partial charge in [0.15, 0.2) is 6.61 Å². The molecule has 1 aromatic rings. The number of esters is 1. The van der Waals surface area contributed by atoms with E-state index in [1.807, 2.05) is 4.90 Å². The average Bonchev–Trinajstić information content (AvgIpc) is 2.62. The lowest BCUT2D eigenvalue weighted by atomic mass is 10.2. The fourth-order valence-electron chi connectivity index (χ4n) is 2.30. The van der Waals surface area contributed by atoms with Gasteiger partial charge in [0.2, 0.25) is 0 Å². The molecule has 1 N–H and O–H groups in total. The van der Waals surface area contributed by atoms with E-state index in [2.05, 4.69) is 42.4 Å². The van der Waals surface area contributed by atoms with Crippen LogP contribution in [0.3, 0.4) is 0 Å². The Balaban J connectivity index is 1.87. The normalized spacial score (nSPS) is 14.9. The Kier molecular flexibility index (Phi) is 9.19. The molecule has 1 aromatic carbocycles. The molecule has 1 saturated heterocycles.